The van der Waals surface area contributed by atoms with Gasteiger partial charge in [0.25, 0.3) is 0 Å². The smallest absolute Gasteiger partial charge is 0.0464 e. The van der Waals surface area contributed by atoms with E-state index in [0.717, 1.165) is 31.2 Å². The number of likely N-dealkylation sites (N-methyl/N-ethyl adjacent to an activating group) is 1. The highest BCUT2D eigenvalue weighted by Gasteiger charge is 2.20. The van der Waals surface area contributed by atoms with E-state index in [1.807, 2.05) is 18.2 Å². The molecule has 0 bridgehead atoms. The molecule has 1 heterocycles. The molecule has 2 rings (SSSR count). The monoisotopic (exact) mass is 224 g/mol. The molecule has 82 valence electrons. The van der Waals surface area contributed by atoms with E-state index in [1.165, 1.54) is 5.56 Å². The van der Waals surface area contributed by atoms with Crippen molar-refractivity contribution in [3.63, 3.8) is 0 Å². The van der Waals surface area contributed by atoms with Gasteiger partial charge in [0.2, 0.25) is 0 Å². The molecule has 1 aliphatic rings. The number of nitrogens with one attached hydrogen (secondary N) is 1. The van der Waals surface area contributed by atoms with Crippen molar-refractivity contribution in [2.75, 3.05) is 26.2 Å². The largest absolute Gasteiger partial charge is 0.308 e. The summed E-state index contributed by atoms with van der Waals surface area (Å²) < 4.78 is 0. The molecule has 0 aliphatic carbocycles. The molecule has 0 amide bonds. The summed E-state index contributed by atoms with van der Waals surface area (Å²) >= 11 is 6.19. The van der Waals surface area contributed by atoms with Gasteiger partial charge in [0.05, 0.1) is 0 Å². The first-order chi connectivity index (χ1) is 7.31. The molecule has 15 heavy (non-hydrogen) atoms. The van der Waals surface area contributed by atoms with Crippen molar-refractivity contribution in [3.05, 3.63) is 34.9 Å². The first-order valence-corrected chi connectivity index (χ1v) is 5.89. The molecule has 0 unspecified atom stereocenters. The minimum absolute atomic E-state index is 0.382. The van der Waals surface area contributed by atoms with Crippen LogP contribution in [0.3, 0.4) is 0 Å². The average Bonchev–Trinajstić information content (AvgIpc) is 2.30. The van der Waals surface area contributed by atoms with Crippen LogP contribution in [0.1, 0.15) is 18.5 Å². The third kappa shape index (κ3) is 2.51. The van der Waals surface area contributed by atoms with Gasteiger partial charge in [-0.25, -0.2) is 0 Å². The first kappa shape index (κ1) is 10.9. The average molecular weight is 225 g/mol. The van der Waals surface area contributed by atoms with Crippen molar-refractivity contribution in [3.8, 4) is 0 Å². The standard InChI is InChI=1S/C12H17ClN2/c1-2-15-8-7-14-12(9-15)10-5-3-4-6-11(10)13/h3-6,12,14H,2,7-9H2,1H3/t12-/m1/s1. The summed E-state index contributed by atoms with van der Waals surface area (Å²) in [5, 5.41) is 4.38. The molecular formula is C12H17ClN2. The SMILES string of the molecule is CCN1CCN[C@@H](c2ccccc2Cl)C1. The van der Waals surface area contributed by atoms with Crippen LogP contribution >= 0.6 is 11.6 Å². The van der Waals surface area contributed by atoms with Crippen LogP contribution in [-0.4, -0.2) is 31.1 Å². The van der Waals surface area contributed by atoms with Crippen LogP contribution in [0, 0.1) is 0 Å². The predicted octanol–water partition coefficient (Wildman–Crippen LogP) is 2.31. The Labute approximate surface area is 96.2 Å². The minimum Gasteiger partial charge on any atom is -0.308 e. The van der Waals surface area contributed by atoms with Gasteiger partial charge < -0.3 is 10.2 Å². The molecule has 0 spiro atoms. The molecule has 1 atom stereocenters. The Balaban J connectivity index is 2.13. The summed E-state index contributed by atoms with van der Waals surface area (Å²) in [6.07, 6.45) is 0. The molecule has 0 saturated carbocycles. The Morgan fingerprint density at radius 3 is 3.00 bits per heavy atom. The zero-order valence-corrected chi connectivity index (χ0v) is 9.80. The topological polar surface area (TPSA) is 15.3 Å². The van der Waals surface area contributed by atoms with Gasteiger partial charge in [-0.3, -0.25) is 0 Å². The number of hydrogen-bond donors (Lipinski definition) is 1. The number of hydrogen-bond acceptors (Lipinski definition) is 2. The number of halogens is 1. The molecule has 2 nitrogen and oxygen atoms in total. The molecule has 0 radical (unpaired) electrons. The highest BCUT2D eigenvalue weighted by Crippen LogP contribution is 2.24. The maximum atomic E-state index is 6.19. The molecule has 1 aromatic carbocycles. The lowest BCUT2D eigenvalue weighted by atomic mass is 10.0. The lowest BCUT2D eigenvalue weighted by molar-refractivity contribution is 0.210. The van der Waals surface area contributed by atoms with Crippen molar-refractivity contribution in [2.24, 2.45) is 0 Å². The van der Waals surface area contributed by atoms with Gasteiger partial charge in [-0.15, -0.1) is 0 Å². The first-order valence-electron chi connectivity index (χ1n) is 5.51. The number of rotatable bonds is 2. The Morgan fingerprint density at radius 2 is 2.27 bits per heavy atom. The van der Waals surface area contributed by atoms with E-state index in [4.69, 9.17) is 11.6 Å². The second kappa shape index (κ2) is 4.97. The molecule has 1 N–H and O–H groups in total. The number of piperazine rings is 1. The Hall–Kier alpha value is -0.570. The lowest BCUT2D eigenvalue weighted by Crippen LogP contribution is -2.45. The van der Waals surface area contributed by atoms with E-state index in [1.54, 1.807) is 0 Å². The predicted molar refractivity (Wildman–Crippen MR) is 64.3 cm³/mol. The zero-order chi connectivity index (χ0) is 10.7. The van der Waals surface area contributed by atoms with Crippen molar-refractivity contribution in [1.29, 1.82) is 0 Å². The molecule has 0 aromatic heterocycles. The quantitative estimate of drug-likeness (QED) is 0.830. The molecule has 1 fully saturated rings. The van der Waals surface area contributed by atoms with Gasteiger partial charge in [0.15, 0.2) is 0 Å². The fourth-order valence-corrected chi connectivity index (χ4v) is 2.33. The third-order valence-corrected chi connectivity index (χ3v) is 3.33. The molecule has 1 saturated heterocycles. The third-order valence-electron chi connectivity index (χ3n) is 2.99. The Morgan fingerprint density at radius 1 is 1.47 bits per heavy atom. The van der Waals surface area contributed by atoms with Gasteiger partial charge in [0.1, 0.15) is 0 Å². The van der Waals surface area contributed by atoms with Crippen molar-refractivity contribution in [2.45, 2.75) is 13.0 Å². The van der Waals surface area contributed by atoms with Crippen molar-refractivity contribution in [1.82, 2.24) is 10.2 Å². The molecule has 1 aromatic rings. The van der Waals surface area contributed by atoms with Gasteiger partial charge in [-0.2, -0.15) is 0 Å². The van der Waals surface area contributed by atoms with Crippen LogP contribution in [-0.2, 0) is 0 Å². The lowest BCUT2D eigenvalue weighted by Gasteiger charge is -2.33. The maximum absolute atomic E-state index is 6.19. The van der Waals surface area contributed by atoms with E-state index in [9.17, 15) is 0 Å². The van der Waals surface area contributed by atoms with E-state index in [2.05, 4.69) is 23.2 Å². The summed E-state index contributed by atoms with van der Waals surface area (Å²) in [4.78, 5) is 2.45. The van der Waals surface area contributed by atoms with Crippen molar-refractivity contribution < 1.29 is 0 Å². The van der Waals surface area contributed by atoms with E-state index in [0.29, 0.717) is 6.04 Å². The second-order valence-corrected chi connectivity index (χ2v) is 4.33. The summed E-state index contributed by atoms with van der Waals surface area (Å²) in [6, 6.07) is 8.48. The van der Waals surface area contributed by atoms with Crippen LogP contribution in [0.5, 0.6) is 0 Å². The number of nitrogens with zero attached hydrogens (tertiary/aromatic N) is 1. The molecular weight excluding hydrogens is 208 g/mol. The summed E-state index contributed by atoms with van der Waals surface area (Å²) in [5.74, 6) is 0. The van der Waals surface area contributed by atoms with Gasteiger partial charge in [0, 0.05) is 30.7 Å². The molecule has 3 heteroatoms. The maximum Gasteiger partial charge on any atom is 0.0464 e. The second-order valence-electron chi connectivity index (χ2n) is 3.92. The normalized spacial score (nSPS) is 22.9. The zero-order valence-electron chi connectivity index (χ0n) is 9.04. The van der Waals surface area contributed by atoms with Crippen LogP contribution in [0.15, 0.2) is 24.3 Å². The fourth-order valence-electron chi connectivity index (χ4n) is 2.06. The van der Waals surface area contributed by atoms with Crippen LogP contribution in [0.4, 0.5) is 0 Å². The molecule has 1 aliphatic heterocycles. The Bertz CT molecular complexity index is 327. The van der Waals surface area contributed by atoms with Gasteiger partial charge in [-0.05, 0) is 18.2 Å². The summed E-state index contributed by atoms with van der Waals surface area (Å²) in [5.41, 5.74) is 1.22. The highest BCUT2D eigenvalue weighted by atomic mass is 35.5. The van der Waals surface area contributed by atoms with E-state index in [-0.39, 0.29) is 0 Å². The van der Waals surface area contributed by atoms with Gasteiger partial charge >= 0.3 is 0 Å². The Kier molecular flexibility index (Phi) is 3.62. The van der Waals surface area contributed by atoms with Crippen LogP contribution < -0.4 is 5.32 Å². The minimum atomic E-state index is 0.382. The van der Waals surface area contributed by atoms with Crippen LogP contribution in [0.25, 0.3) is 0 Å². The van der Waals surface area contributed by atoms with E-state index < -0.39 is 0 Å². The fraction of sp³-hybridized carbons (Fsp3) is 0.500. The van der Waals surface area contributed by atoms with Crippen LogP contribution in [0.2, 0.25) is 5.02 Å². The van der Waals surface area contributed by atoms with E-state index >= 15 is 0 Å². The number of benzene rings is 1. The summed E-state index contributed by atoms with van der Waals surface area (Å²) in [6.45, 7) is 6.55. The summed E-state index contributed by atoms with van der Waals surface area (Å²) in [7, 11) is 0. The highest BCUT2D eigenvalue weighted by molar-refractivity contribution is 6.31. The van der Waals surface area contributed by atoms with Crippen molar-refractivity contribution >= 4 is 11.6 Å². The van der Waals surface area contributed by atoms with Gasteiger partial charge in [-0.1, -0.05) is 36.7 Å².